The molecule has 0 fully saturated rings. The fourth-order valence-corrected chi connectivity index (χ4v) is 7.96. The molecule has 0 saturated heterocycles. The first-order chi connectivity index (χ1) is 37.2. The second-order valence-electron chi connectivity index (χ2n) is 18.7. The van der Waals surface area contributed by atoms with Gasteiger partial charge in [-0.15, -0.1) is 0 Å². The van der Waals surface area contributed by atoms with E-state index in [1.165, 1.54) is 19.3 Å². The first-order valence-electron chi connectivity index (χ1n) is 29.1. The van der Waals surface area contributed by atoms with Crippen molar-refractivity contribution in [2.24, 2.45) is 0 Å². The number of hydrogen-bond donors (Lipinski definition) is 2. The van der Waals surface area contributed by atoms with Crippen LogP contribution in [0.4, 0.5) is 0 Å². The fourth-order valence-electron chi connectivity index (χ4n) is 7.18. The number of aliphatic hydroxyl groups excluding tert-OH is 1. The number of esters is 3. The Morgan fingerprint density at radius 1 is 0.382 bits per heavy atom. The van der Waals surface area contributed by atoms with Crippen molar-refractivity contribution in [2.45, 2.75) is 226 Å². The summed E-state index contributed by atoms with van der Waals surface area (Å²) in [7, 11) is -4.78. The van der Waals surface area contributed by atoms with Crippen LogP contribution >= 0.6 is 7.82 Å². The summed E-state index contributed by atoms with van der Waals surface area (Å²) < 4.78 is 39.4. The lowest BCUT2D eigenvalue weighted by atomic mass is 10.1. The Morgan fingerprint density at radius 2 is 0.697 bits per heavy atom. The average molecular weight is 1080 g/mol. The molecule has 0 heterocycles. The van der Waals surface area contributed by atoms with Crippen LogP contribution in [-0.2, 0) is 42.2 Å². The summed E-state index contributed by atoms with van der Waals surface area (Å²) in [4.78, 5) is 48.6. The van der Waals surface area contributed by atoms with Gasteiger partial charge < -0.3 is 24.2 Å². The van der Waals surface area contributed by atoms with Crippen LogP contribution in [0.1, 0.15) is 213 Å². The Hall–Kier alpha value is -4.38. The smallest absolute Gasteiger partial charge is 0.462 e. The monoisotopic (exact) mass is 1080 g/mol. The topological polar surface area (TPSA) is 155 Å². The number of ether oxygens (including phenoxy) is 3. The zero-order valence-electron chi connectivity index (χ0n) is 47.4. The molecule has 3 atom stereocenters. The summed E-state index contributed by atoms with van der Waals surface area (Å²) in [6.07, 6.45) is 71.3. The molecule has 11 nitrogen and oxygen atoms in total. The van der Waals surface area contributed by atoms with E-state index in [0.717, 1.165) is 128 Å². The summed E-state index contributed by atoms with van der Waals surface area (Å²) in [5, 5.41) is 9.82. The van der Waals surface area contributed by atoms with Crippen molar-refractivity contribution >= 4 is 25.7 Å². The highest BCUT2D eigenvalue weighted by Crippen LogP contribution is 2.43. The Balaban J connectivity index is 4.86. The first kappa shape index (κ1) is 71.6. The molecule has 0 rings (SSSR count). The zero-order chi connectivity index (χ0) is 55.5. The van der Waals surface area contributed by atoms with E-state index in [1.54, 1.807) is 0 Å². The molecule has 0 bridgehead atoms. The van der Waals surface area contributed by atoms with E-state index in [2.05, 4.69) is 142 Å². The van der Waals surface area contributed by atoms with Crippen molar-refractivity contribution < 1.29 is 52.2 Å². The Labute approximate surface area is 461 Å². The number of aliphatic hydroxyl groups is 1. The third-order valence-electron chi connectivity index (χ3n) is 11.5. The molecule has 76 heavy (non-hydrogen) atoms. The number of carbonyl (C=O) groups excluding carboxylic acids is 3. The molecule has 0 radical (unpaired) electrons. The summed E-state index contributed by atoms with van der Waals surface area (Å²) in [5.41, 5.74) is 0. The van der Waals surface area contributed by atoms with E-state index in [4.69, 9.17) is 23.3 Å². The van der Waals surface area contributed by atoms with Crippen LogP contribution in [0.3, 0.4) is 0 Å². The van der Waals surface area contributed by atoms with Gasteiger partial charge in [-0.05, 0) is 128 Å². The van der Waals surface area contributed by atoms with Crippen LogP contribution in [0.25, 0.3) is 0 Å². The highest BCUT2D eigenvalue weighted by Gasteiger charge is 2.28. The van der Waals surface area contributed by atoms with Gasteiger partial charge in [0.25, 0.3) is 0 Å². The minimum atomic E-state index is -4.78. The van der Waals surface area contributed by atoms with Gasteiger partial charge >= 0.3 is 25.7 Å². The van der Waals surface area contributed by atoms with Crippen molar-refractivity contribution in [3.05, 3.63) is 134 Å². The summed E-state index contributed by atoms with van der Waals surface area (Å²) in [6, 6.07) is 0. The molecule has 0 aromatic carbocycles. The number of hydrogen-bond acceptors (Lipinski definition) is 10. The van der Waals surface area contributed by atoms with Crippen LogP contribution in [0.2, 0.25) is 0 Å². The Kier molecular flexibility index (Phi) is 53.5. The molecule has 0 aliphatic rings. The van der Waals surface area contributed by atoms with Gasteiger partial charge in [-0.2, -0.15) is 0 Å². The molecular weight excluding hydrogens is 976 g/mol. The quantitative estimate of drug-likeness (QED) is 0.0197. The highest BCUT2D eigenvalue weighted by molar-refractivity contribution is 7.47. The standard InChI is InChI=1S/C64H103O11P/c1-4-7-10-13-16-19-22-25-28-30-33-36-39-42-45-48-51-54-63(67)74-60(56-65)58-72-76(69,70)73-59-61(57-71-62(66)53-50-47-44-41-38-35-32-27-24-21-18-15-12-9-6-3)75-64(68)55-52-49-46-43-40-37-34-31-29-26-23-20-17-14-11-8-5-2/h7-8,10-11,16-21,25-29,32-34,36-37,43,46,60-61,65H,4-6,9,12-15,22-24,30-31,35,38-42,44-45,47-59H2,1-3H3,(H,69,70)/b10-7-,11-8-,19-16-,20-17-,21-18-,28-25-,29-26-,32-27-,36-33-,37-34-,46-43-. The van der Waals surface area contributed by atoms with E-state index < -0.39 is 57.8 Å². The number of allylic oxidation sites excluding steroid dienone is 22. The Morgan fingerprint density at radius 3 is 1.11 bits per heavy atom. The fraction of sp³-hybridized carbons (Fsp3) is 0.609. The molecule has 12 heteroatoms. The third kappa shape index (κ3) is 54.4. The molecule has 0 spiro atoms. The zero-order valence-corrected chi connectivity index (χ0v) is 48.3. The van der Waals surface area contributed by atoms with Crippen molar-refractivity contribution in [2.75, 3.05) is 26.4 Å². The summed E-state index contributed by atoms with van der Waals surface area (Å²) in [6.45, 7) is 4.26. The normalized spacial score (nSPS) is 14.3. The van der Waals surface area contributed by atoms with Gasteiger partial charge in [0.1, 0.15) is 12.7 Å². The molecule has 0 amide bonds. The minimum absolute atomic E-state index is 0.0770. The molecule has 0 aliphatic heterocycles. The van der Waals surface area contributed by atoms with Crippen molar-refractivity contribution in [3.8, 4) is 0 Å². The lowest BCUT2D eigenvalue weighted by Gasteiger charge is -2.21. The number of unbranched alkanes of at least 4 members (excludes halogenated alkanes) is 13. The molecular formula is C64H103O11P. The molecule has 430 valence electrons. The van der Waals surface area contributed by atoms with Gasteiger partial charge in [-0.25, -0.2) is 4.57 Å². The van der Waals surface area contributed by atoms with Crippen LogP contribution in [0, 0.1) is 0 Å². The predicted octanol–water partition coefficient (Wildman–Crippen LogP) is 17.4. The van der Waals surface area contributed by atoms with Crippen molar-refractivity contribution in [1.29, 1.82) is 0 Å². The number of rotatable bonds is 52. The largest absolute Gasteiger partial charge is 0.472 e. The van der Waals surface area contributed by atoms with Crippen LogP contribution in [-0.4, -0.2) is 66.5 Å². The van der Waals surface area contributed by atoms with Gasteiger partial charge in [0.2, 0.25) is 0 Å². The maximum Gasteiger partial charge on any atom is 0.472 e. The second-order valence-corrected chi connectivity index (χ2v) is 20.1. The minimum Gasteiger partial charge on any atom is -0.462 e. The lowest BCUT2D eigenvalue weighted by molar-refractivity contribution is -0.161. The van der Waals surface area contributed by atoms with Gasteiger partial charge in [0.15, 0.2) is 6.10 Å². The molecule has 0 aromatic rings. The molecule has 0 aromatic heterocycles. The second kappa shape index (κ2) is 56.8. The van der Waals surface area contributed by atoms with Gasteiger partial charge in [-0.3, -0.25) is 23.4 Å². The van der Waals surface area contributed by atoms with E-state index in [0.29, 0.717) is 25.7 Å². The van der Waals surface area contributed by atoms with Gasteiger partial charge in [-0.1, -0.05) is 199 Å². The summed E-state index contributed by atoms with van der Waals surface area (Å²) >= 11 is 0. The van der Waals surface area contributed by atoms with Gasteiger partial charge in [0.05, 0.1) is 19.8 Å². The molecule has 0 saturated carbocycles. The first-order valence-corrected chi connectivity index (χ1v) is 30.6. The van der Waals surface area contributed by atoms with Crippen LogP contribution in [0.15, 0.2) is 134 Å². The maximum absolute atomic E-state index is 12.9. The van der Waals surface area contributed by atoms with Gasteiger partial charge in [0, 0.05) is 19.3 Å². The maximum atomic E-state index is 12.9. The lowest BCUT2D eigenvalue weighted by Crippen LogP contribution is -2.30. The van der Waals surface area contributed by atoms with E-state index >= 15 is 0 Å². The predicted molar refractivity (Wildman–Crippen MR) is 316 cm³/mol. The number of phosphoric ester groups is 1. The number of carbonyl (C=O) groups is 3. The van der Waals surface area contributed by atoms with E-state index in [-0.39, 0.29) is 25.9 Å². The van der Waals surface area contributed by atoms with Crippen molar-refractivity contribution in [3.63, 3.8) is 0 Å². The highest BCUT2D eigenvalue weighted by atomic mass is 31.2. The number of phosphoric acid groups is 1. The van der Waals surface area contributed by atoms with Crippen LogP contribution < -0.4 is 0 Å². The Bertz CT molecular complexity index is 1780. The molecule has 0 aliphatic carbocycles. The molecule has 2 N–H and O–H groups in total. The van der Waals surface area contributed by atoms with E-state index in [9.17, 15) is 28.9 Å². The van der Waals surface area contributed by atoms with Crippen molar-refractivity contribution in [1.82, 2.24) is 0 Å². The molecule has 3 unspecified atom stereocenters. The third-order valence-corrected chi connectivity index (χ3v) is 12.5. The van der Waals surface area contributed by atoms with Crippen LogP contribution in [0.5, 0.6) is 0 Å². The summed E-state index contributed by atoms with van der Waals surface area (Å²) in [5.74, 6) is -1.59. The van der Waals surface area contributed by atoms with E-state index in [1.807, 2.05) is 12.2 Å². The average Bonchev–Trinajstić information content (AvgIpc) is 3.41. The SMILES string of the molecule is CC/C=C\C/C=C\C/C=C\C/C=C\C/C=C\CCCC(=O)OC(COC(=O)CCCCCCC/C=C\C/C=C\CCCCC)COP(=O)(O)OCC(CO)OC(=O)CCCCCC/C=C\C/C=C\C/C=C\C/C=C\CC.